The van der Waals surface area contributed by atoms with Crippen LogP contribution in [0.1, 0.15) is 12.8 Å². The number of nitrogens with one attached hydrogen (secondary N) is 1. The van der Waals surface area contributed by atoms with Gasteiger partial charge >= 0.3 is 5.97 Å². The summed E-state index contributed by atoms with van der Waals surface area (Å²) in [6, 6.07) is 6.59. The molecule has 2 rings (SSSR count). The molecule has 0 atom stereocenters. The largest absolute Gasteiger partial charge is 0.508 e. The van der Waals surface area contributed by atoms with Gasteiger partial charge in [0.2, 0.25) is 0 Å². The maximum atomic E-state index is 11.7. The van der Waals surface area contributed by atoms with Crippen molar-refractivity contribution in [2.24, 2.45) is 0 Å². The van der Waals surface area contributed by atoms with Gasteiger partial charge in [0, 0.05) is 18.8 Å². The summed E-state index contributed by atoms with van der Waals surface area (Å²) in [6.45, 7) is 2.10. The number of phenolic OH excluding ortho intramolecular Hbond substituents is 1. The first kappa shape index (κ1) is 13.7. The van der Waals surface area contributed by atoms with E-state index in [2.05, 4.69) is 17.3 Å². The molecule has 1 aromatic carbocycles. The number of anilines is 1. The van der Waals surface area contributed by atoms with Crippen LogP contribution in [-0.4, -0.2) is 48.8 Å². The lowest BCUT2D eigenvalue weighted by molar-refractivity contribution is -0.148. The van der Waals surface area contributed by atoms with Crippen molar-refractivity contribution in [1.29, 1.82) is 0 Å². The molecule has 0 saturated carbocycles. The fourth-order valence-electron chi connectivity index (χ4n) is 2.08. The van der Waals surface area contributed by atoms with Gasteiger partial charge in [-0.15, -0.1) is 0 Å². The Balaban J connectivity index is 1.71. The van der Waals surface area contributed by atoms with Crippen molar-refractivity contribution in [2.45, 2.75) is 18.9 Å². The molecular formula is C14H20N2O3. The van der Waals surface area contributed by atoms with Crippen LogP contribution in [0.25, 0.3) is 0 Å². The minimum atomic E-state index is -0.234. The van der Waals surface area contributed by atoms with E-state index in [4.69, 9.17) is 9.84 Å². The number of rotatable bonds is 4. The number of aromatic hydroxyl groups is 1. The van der Waals surface area contributed by atoms with Crippen molar-refractivity contribution in [3.63, 3.8) is 0 Å². The van der Waals surface area contributed by atoms with Crippen LogP contribution in [0.3, 0.4) is 0 Å². The number of esters is 1. The molecule has 1 heterocycles. The van der Waals surface area contributed by atoms with E-state index < -0.39 is 0 Å². The van der Waals surface area contributed by atoms with Gasteiger partial charge in [-0.3, -0.25) is 4.79 Å². The highest BCUT2D eigenvalue weighted by Gasteiger charge is 2.19. The first-order valence-corrected chi connectivity index (χ1v) is 6.54. The lowest BCUT2D eigenvalue weighted by Crippen LogP contribution is -2.36. The lowest BCUT2D eigenvalue weighted by atomic mass is 10.1. The number of nitrogens with zero attached hydrogens (tertiary/aromatic N) is 1. The molecule has 0 spiro atoms. The topological polar surface area (TPSA) is 61.8 Å². The Morgan fingerprint density at radius 3 is 2.63 bits per heavy atom. The normalized spacial score (nSPS) is 17.1. The Kier molecular flexibility index (Phi) is 4.63. The van der Waals surface area contributed by atoms with Crippen LogP contribution in [0.5, 0.6) is 5.75 Å². The van der Waals surface area contributed by atoms with Gasteiger partial charge in [0.25, 0.3) is 0 Å². The molecule has 0 radical (unpaired) electrons. The highest BCUT2D eigenvalue weighted by Crippen LogP contribution is 2.14. The molecule has 1 aliphatic heterocycles. The minimum absolute atomic E-state index is 0.0466. The van der Waals surface area contributed by atoms with Crippen molar-refractivity contribution in [1.82, 2.24) is 4.90 Å². The zero-order valence-electron chi connectivity index (χ0n) is 11.1. The van der Waals surface area contributed by atoms with Crippen molar-refractivity contribution in [2.75, 3.05) is 32.0 Å². The Labute approximate surface area is 113 Å². The second-order valence-electron chi connectivity index (χ2n) is 4.89. The molecule has 1 aromatic rings. The first-order chi connectivity index (χ1) is 9.13. The van der Waals surface area contributed by atoms with Crippen molar-refractivity contribution in [3.8, 4) is 5.75 Å². The van der Waals surface area contributed by atoms with Crippen molar-refractivity contribution >= 4 is 11.7 Å². The molecule has 1 saturated heterocycles. The van der Waals surface area contributed by atoms with E-state index >= 15 is 0 Å². The van der Waals surface area contributed by atoms with Crippen LogP contribution in [0.2, 0.25) is 0 Å². The molecule has 0 aromatic heterocycles. The second kappa shape index (κ2) is 6.43. The zero-order chi connectivity index (χ0) is 13.7. The van der Waals surface area contributed by atoms with E-state index in [1.165, 1.54) is 0 Å². The summed E-state index contributed by atoms with van der Waals surface area (Å²) in [5.74, 6) is -0.0259. The fraction of sp³-hybridized carbons (Fsp3) is 0.500. The number of hydrogen-bond donors (Lipinski definition) is 2. The summed E-state index contributed by atoms with van der Waals surface area (Å²) in [5.41, 5.74) is 0.790. The quantitative estimate of drug-likeness (QED) is 0.636. The minimum Gasteiger partial charge on any atom is -0.508 e. The molecule has 0 unspecified atom stereocenters. The van der Waals surface area contributed by atoms with Gasteiger partial charge in [-0.05, 0) is 44.2 Å². The summed E-state index contributed by atoms with van der Waals surface area (Å²) < 4.78 is 5.41. The lowest BCUT2D eigenvalue weighted by Gasteiger charge is -2.28. The predicted octanol–water partition coefficient (Wildman–Crippen LogP) is 1.44. The number of likely N-dealkylation sites (tertiary alicyclic amines) is 1. The molecular weight excluding hydrogens is 244 g/mol. The molecule has 2 N–H and O–H groups in total. The second-order valence-corrected chi connectivity index (χ2v) is 4.89. The van der Waals surface area contributed by atoms with Gasteiger partial charge in [0.05, 0.1) is 0 Å². The van der Waals surface area contributed by atoms with E-state index in [0.29, 0.717) is 0 Å². The number of carbonyl (C=O) groups is 1. The van der Waals surface area contributed by atoms with Crippen LogP contribution in [0, 0.1) is 0 Å². The van der Waals surface area contributed by atoms with Crippen molar-refractivity contribution in [3.05, 3.63) is 24.3 Å². The summed E-state index contributed by atoms with van der Waals surface area (Å²) >= 11 is 0. The van der Waals surface area contributed by atoms with Gasteiger partial charge in [-0.2, -0.15) is 0 Å². The Bertz CT molecular complexity index is 411. The number of hydrogen-bond acceptors (Lipinski definition) is 5. The van der Waals surface area contributed by atoms with Gasteiger partial charge in [0.1, 0.15) is 18.4 Å². The van der Waals surface area contributed by atoms with E-state index in [9.17, 15) is 4.79 Å². The highest BCUT2D eigenvalue weighted by molar-refractivity contribution is 5.75. The van der Waals surface area contributed by atoms with Crippen LogP contribution < -0.4 is 5.32 Å². The first-order valence-electron chi connectivity index (χ1n) is 6.54. The third-order valence-corrected chi connectivity index (χ3v) is 3.27. The standard InChI is InChI=1S/C14H20N2O3/c1-16-8-6-13(7-9-16)19-14(18)10-15-11-2-4-12(17)5-3-11/h2-5,13,15,17H,6-10H2,1H3. The molecule has 19 heavy (non-hydrogen) atoms. The molecule has 1 aliphatic rings. The summed E-state index contributed by atoms with van der Waals surface area (Å²) in [5, 5.41) is 12.1. The Morgan fingerprint density at radius 1 is 1.37 bits per heavy atom. The van der Waals surface area contributed by atoms with Gasteiger partial charge in [-0.25, -0.2) is 0 Å². The highest BCUT2D eigenvalue weighted by atomic mass is 16.5. The van der Waals surface area contributed by atoms with Crippen LogP contribution >= 0.6 is 0 Å². The number of ether oxygens (including phenoxy) is 1. The summed E-state index contributed by atoms with van der Waals surface area (Å²) in [7, 11) is 2.07. The SMILES string of the molecule is CN1CCC(OC(=O)CNc2ccc(O)cc2)CC1. The third-order valence-electron chi connectivity index (χ3n) is 3.27. The number of piperidine rings is 1. The van der Waals surface area contributed by atoms with Gasteiger partial charge in [0.15, 0.2) is 0 Å². The molecule has 5 heteroatoms. The molecule has 0 aliphatic carbocycles. The average molecular weight is 264 g/mol. The maximum Gasteiger partial charge on any atom is 0.325 e. The monoisotopic (exact) mass is 264 g/mol. The maximum absolute atomic E-state index is 11.7. The summed E-state index contributed by atoms with van der Waals surface area (Å²) in [6.07, 6.45) is 1.86. The van der Waals surface area contributed by atoms with Crippen LogP contribution in [-0.2, 0) is 9.53 Å². The van der Waals surface area contributed by atoms with Crippen molar-refractivity contribution < 1.29 is 14.6 Å². The van der Waals surface area contributed by atoms with Gasteiger partial charge in [-0.1, -0.05) is 0 Å². The number of carbonyl (C=O) groups excluding carboxylic acids is 1. The van der Waals surface area contributed by atoms with E-state index in [1.54, 1.807) is 24.3 Å². The summed E-state index contributed by atoms with van der Waals surface area (Å²) in [4.78, 5) is 13.9. The van der Waals surface area contributed by atoms with E-state index in [-0.39, 0.29) is 24.4 Å². The third kappa shape index (κ3) is 4.44. The Morgan fingerprint density at radius 2 is 2.00 bits per heavy atom. The Hall–Kier alpha value is -1.75. The molecule has 0 bridgehead atoms. The number of phenols is 1. The molecule has 104 valence electrons. The molecule has 5 nitrogen and oxygen atoms in total. The number of benzene rings is 1. The smallest absolute Gasteiger partial charge is 0.325 e. The van der Waals surface area contributed by atoms with E-state index in [0.717, 1.165) is 31.6 Å². The molecule has 1 fully saturated rings. The zero-order valence-corrected chi connectivity index (χ0v) is 11.1. The fourth-order valence-corrected chi connectivity index (χ4v) is 2.08. The van der Waals surface area contributed by atoms with Crippen LogP contribution in [0.15, 0.2) is 24.3 Å². The van der Waals surface area contributed by atoms with Crippen LogP contribution in [0.4, 0.5) is 5.69 Å². The van der Waals surface area contributed by atoms with Gasteiger partial charge < -0.3 is 20.1 Å². The molecule has 0 amide bonds. The van der Waals surface area contributed by atoms with E-state index in [1.807, 2.05) is 0 Å². The predicted molar refractivity (Wildman–Crippen MR) is 73.2 cm³/mol. The average Bonchev–Trinajstić information content (AvgIpc) is 2.41.